The van der Waals surface area contributed by atoms with Gasteiger partial charge in [0.05, 0.1) is 12.0 Å². The van der Waals surface area contributed by atoms with Crippen molar-refractivity contribution in [2.75, 3.05) is 14.1 Å². The fourth-order valence-electron chi connectivity index (χ4n) is 3.35. The monoisotopic (exact) mass is 292 g/mol. The number of aryl methyl sites for hydroxylation is 1. The van der Waals surface area contributed by atoms with Crippen molar-refractivity contribution in [3.63, 3.8) is 0 Å². The number of hydrogen-bond donors (Lipinski definition) is 0. The van der Waals surface area contributed by atoms with E-state index in [2.05, 4.69) is 28.8 Å². The molecule has 118 valence electrons. The van der Waals surface area contributed by atoms with Gasteiger partial charge in [-0.1, -0.05) is 13.8 Å². The van der Waals surface area contributed by atoms with Crippen LogP contribution in [0.2, 0.25) is 0 Å². The van der Waals surface area contributed by atoms with Crippen molar-refractivity contribution in [2.24, 2.45) is 5.92 Å². The number of Topliss-reactive ketones (excluding diaryl/α,β-unsaturated/α-hetero) is 1. The van der Waals surface area contributed by atoms with Crippen molar-refractivity contribution in [3.05, 3.63) is 12.2 Å². The Balaban J connectivity index is 2.14. The van der Waals surface area contributed by atoms with Crippen LogP contribution < -0.4 is 0 Å². The topological polar surface area (TPSA) is 51.0 Å². The molecule has 0 atom stereocenters. The van der Waals surface area contributed by atoms with Crippen LogP contribution in [0.3, 0.4) is 0 Å². The molecule has 0 aromatic carbocycles. The average Bonchev–Trinajstić information content (AvgIpc) is 2.87. The Labute approximate surface area is 127 Å². The second-order valence-corrected chi connectivity index (χ2v) is 6.61. The summed E-state index contributed by atoms with van der Waals surface area (Å²) >= 11 is 0. The van der Waals surface area contributed by atoms with E-state index >= 15 is 0 Å². The number of rotatable bonds is 6. The molecule has 1 saturated carbocycles. The molecular formula is C16H28N4O. The third kappa shape index (κ3) is 3.34. The molecule has 1 aliphatic rings. The molecule has 21 heavy (non-hydrogen) atoms. The van der Waals surface area contributed by atoms with E-state index in [1.165, 1.54) is 0 Å². The summed E-state index contributed by atoms with van der Waals surface area (Å²) in [7, 11) is 4.06. The van der Waals surface area contributed by atoms with Gasteiger partial charge in [0, 0.05) is 6.54 Å². The lowest BCUT2D eigenvalue weighted by atomic mass is 9.73. The maximum Gasteiger partial charge on any atom is 0.160 e. The lowest BCUT2D eigenvalue weighted by Gasteiger charge is -2.43. The minimum Gasteiger partial charge on any atom is -0.297 e. The number of ketones is 1. The van der Waals surface area contributed by atoms with Crippen LogP contribution in [-0.4, -0.2) is 45.1 Å². The summed E-state index contributed by atoms with van der Waals surface area (Å²) in [5, 5.41) is 4.22. The fourth-order valence-corrected chi connectivity index (χ4v) is 3.35. The van der Waals surface area contributed by atoms with Gasteiger partial charge in [0.2, 0.25) is 0 Å². The zero-order valence-corrected chi connectivity index (χ0v) is 13.8. The van der Waals surface area contributed by atoms with Gasteiger partial charge in [0.15, 0.2) is 5.78 Å². The molecule has 1 aromatic rings. The number of aromatic nitrogens is 3. The molecule has 1 heterocycles. The molecule has 0 bridgehead atoms. The first-order valence-corrected chi connectivity index (χ1v) is 8.07. The summed E-state index contributed by atoms with van der Waals surface area (Å²) in [4.78, 5) is 19.4. The van der Waals surface area contributed by atoms with Crippen LogP contribution >= 0.6 is 0 Å². The van der Waals surface area contributed by atoms with Gasteiger partial charge in [0.25, 0.3) is 0 Å². The Morgan fingerprint density at radius 2 is 2.10 bits per heavy atom. The summed E-state index contributed by atoms with van der Waals surface area (Å²) < 4.78 is 1.87. The zero-order valence-electron chi connectivity index (χ0n) is 13.8. The van der Waals surface area contributed by atoms with Crippen LogP contribution in [-0.2, 0) is 17.8 Å². The van der Waals surface area contributed by atoms with E-state index in [1.54, 1.807) is 6.33 Å². The SMILES string of the molecule is CCCn1ncnc1CC(=O)C1(N(C)C)CCC(C)CC1. The van der Waals surface area contributed by atoms with E-state index in [-0.39, 0.29) is 5.54 Å². The summed E-state index contributed by atoms with van der Waals surface area (Å²) in [5.74, 6) is 1.83. The van der Waals surface area contributed by atoms with Gasteiger partial charge in [-0.3, -0.25) is 9.69 Å². The van der Waals surface area contributed by atoms with E-state index in [0.717, 1.165) is 50.4 Å². The Morgan fingerprint density at radius 3 is 2.67 bits per heavy atom. The minimum absolute atomic E-state index is 0.296. The molecule has 5 heteroatoms. The number of nitrogens with zero attached hydrogens (tertiary/aromatic N) is 4. The molecule has 0 spiro atoms. The highest BCUT2D eigenvalue weighted by atomic mass is 16.1. The summed E-state index contributed by atoms with van der Waals surface area (Å²) in [6, 6.07) is 0. The third-order valence-electron chi connectivity index (χ3n) is 4.93. The Bertz CT molecular complexity index is 472. The normalized spacial score (nSPS) is 26.2. The summed E-state index contributed by atoms with van der Waals surface area (Å²) in [5.41, 5.74) is -0.310. The maximum absolute atomic E-state index is 13.0. The van der Waals surface area contributed by atoms with Gasteiger partial charge in [-0.05, 0) is 52.1 Å². The number of hydrogen-bond acceptors (Lipinski definition) is 4. The first-order chi connectivity index (χ1) is 9.99. The minimum atomic E-state index is -0.310. The Morgan fingerprint density at radius 1 is 1.43 bits per heavy atom. The third-order valence-corrected chi connectivity index (χ3v) is 4.93. The average molecular weight is 292 g/mol. The zero-order chi connectivity index (χ0) is 15.5. The molecule has 0 N–H and O–H groups in total. The predicted molar refractivity (Wildman–Crippen MR) is 83.1 cm³/mol. The highest BCUT2D eigenvalue weighted by molar-refractivity contribution is 5.89. The van der Waals surface area contributed by atoms with Crippen molar-refractivity contribution in [2.45, 2.75) is 64.5 Å². The van der Waals surface area contributed by atoms with Gasteiger partial charge in [-0.25, -0.2) is 9.67 Å². The van der Waals surface area contributed by atoms with Gasteiger partial charge in [0.1, 0.15) is 12.2 Å². The maximum atomic E-state index is 13.0. The molecule has 0 amide bonds. The molecule has 5 nitrogen and oxygen atoms in total. The lowest BCUT2D eigenvalue weighted by Crippen LogP contribution is -2.54. The molecule has 1 aromatic heterocycles. The van der Waals surface area contributed by atoms with E-state index in [0.29, 0.717) is 12.2 Å². The number of carbonyl (C=O) groups excluding carboxylic acids is 1. The quantitative estimate of drug-likeness (QED) is 0.807. The van der Waals surface area contributed by atoms with Crippen LogP contribution in [0, 0.1) is 5.92 Å². The molecule has 0 saturated heterocycles. The highest BCUT2D eigenvalue weighted by Crippen LogP contribution is 2.36. The molecule has 2 rings (SSSR count). The first kappa shape index (κ1) is 16.1. The van der Waals surface area contributed by atoms with E-state index in [9.17, 15) is 4.79 Å². The predicted octanol–water partition coefficient (Wildman–Crippen LogP) is 2.31. The molecule has 0 unspecified atom stereocenters. The fraction of sp³-hybridized carbons (Fsp3) is 0.812. The van der Waals surface area contributed by atoms with Crippen molar-refractivity contribution in [1.82, 2.24) is 19.7 Å². The molecule has 0 aliphatic heterocycles. The van der Waals surface area contributed by atoms with Crippen molar-refractivity contribution < 1.29 is 4.79 Å². The second-order valence-electron chi connectivity index (χ2n) is 6.61. The molecule has 1 aliphatic carbocycles. The highest BCUT2D eigenvalue weighted by Gasteiger charge is 2.42. The van der Waals surface area contributed by atoms with E-state index in [1.807, 2.05) is 18.8 Å². The van der Waals surface area contributed by atoms with Crippen molar-refractivity contribution >= 4 is 5.78 Å². The number of likely N-dealkylation sites (N-methyl/N-ethyl adjacent to an activating group) is 1. The van der Waals surface area contributed by atoms with Crippen LogP contribution in [0.4, 0.5) is 0 Å². The van der Waals surface area contributed by atoms with Crippen LogP contribution in [0.25, 0.3) is 0 Å². The van der Waals surface area contributed by atoms with Gasteiger partial charge < -0.3 is 0 Å². The van der Waals surface area contributed by atoms with Crippen molar-refractivity contribution in [3.8, 4) is 0 Å². The standard InChI is InChI=1S/C16H28N4O/c1-5-10-20-15(17-12-18-20)11-14(21)16(19(3)4)8-6-13(2)7-9-16/h12-13H,5-11H2,1-4H3. The molecule has 1 fully saturated rings. The largest absolute Gasteiger partial charge is 0.297 e. The van der Waals surface area contributed by atoms with Crippen LogP contribution in [0.5, 0.6) is 0 Å². The van der Waals surface area contributed by atoms with E-state index in [4.69, 9.17) is 0 Å². The van der Waals surface area contributed by atoms with Crippen molar-refractivity contribution in [1.29, 1.82) is 0 Å². The smallest absolute Gasteiger partial charge is 0.160 e. The summed E-state index contributed by atoms with van der Waals surface area (Å²) in [6.07, 6.45) is 7.14. The summed E-state index contributed by atoms with van der Waals surface area (Å²) in [6.45, 7) is 5.22. The Hall–Kier alpha value is -1.23. The number of carbonyl (C=O) groups is 1. The van der Waals surface area contributed by atoms with Crippen LogP contribution in [0.15, 0.2) is 6.33 Å². The lowest BCUT2D eigenvalue weighted by molar-refractivity contribution is -0.131. The van der Waals surface area contributed by atoms with Gasteiger partial charge >= 0.3 is 0 Å². The van der Waals surface area contributed by atoms with Gasteiger partial charge in [-0.2, -0.15) is 5.10 Å². The molecule has 0 radical (unpaired) electrons. The van der Waals surface area contributed by atoms with Gasteiger partial charge in [-0.15, -0.1) is 0 Å². The second kappa shape index (κ2) is 6.69. The van der Waals surface area contributed by atoms with E-state index < -0.39 is 0 Å². The van der Waals surface area contributed by atoms with Crippen LogP contribution in [0.1, 0.15) is 51.8 Å². The first-order valence-electron chi connectivity index (χ1n) is 8.07. The Kier molecular flexibility index (Phi) is 5.14. The molecular weight excluding hydrogens is 264 g/mol.